The molecule has 0 atom stereocenters. The molecule has 0 spiro atoms. The van der Waals surface area contributed by atoms with E-state index < -0.39 is 0 Å². The van der Waals surface area contributed by atoms with Gasteiger partial charge in [-0.15, -0.1) is 0 Å². The summed E-state index contributed by atoms with van der Waals surface area (Å²) in [5.41, 5.74) is 2.64. The Hall–Kier alpha value is -1.77. The first-order valence-electron chi connectivity index (χ1n) is 4.63. The molecule has 0 saturated carbocycles. The SMILES string of the molecule is O=C1NCCc2cc3ccoc3cc21. The van der Waals surface area contributed by atoms with E-state index in [4.69, 9.17) is 4.42 Å². The largest absolute Gasteiger partial charge is 0.464 e. The number of hydrogen-bond acceptors (Lipinski definition) is 2. The Balaban J connectivity index is 2.32. The number of rotatable bonds is 0. The van der Waals surface area contributed by atoms with Gasteiger partial charge in [0.15, 0.2) is 0 Å². The molecule has 0 aliphatic carbocycles. The molecule has 0 unspecified atom stereocenters. The maximum absolute atomic E-state index is 11.5. The van der Waals surface area contributed by atoms with Crippen molar-refractivity contribution in [3.8, 4) is 0 Å². The highest BCUT2D eigenvalue weighted by Gasteiger charge is 2.17. The Morgan fingerprint density at radius 1 is 1.36 bits per heavy atom. The van der Waals surface area contributed by atoms with Gasteiger partial charge >= 0.3 is 0 Å². The van der Waals surface area contributed by atoms with Gasteiger partial charge < -0.3 is 9.73 Å². The van der Waals surface area contributed by atoms with E-state index in [9.17, 15) is 4.79 Å². The minimum atomic E-state index is 0.00421. The average molecular weight is 187 g/mol. The average Bonchev–Trinajstić information content (AvgIpc) is 2.62. The lowest BCUT2D eigenvalue weighted by Gasteiger charge is -2.15. The van der Waals surface area contributed by atoms with Crippen LogP contribution in [0.3, 0.4) is 0 Å². The zero-order valence-corrected chi connectivity index (χ0v) is 7.54. The highest BCUT2D eigenvalue weighted by Crippen LogP contribution is 2.23. The van der Waals surface area contributed by atoms with E-state index in [1.165, 1.54) is 0 Å². The van der Waals surface area contributed by atoms with Crippen LogP contribution >= 0.6 is 0 Å². The number of amides is 1. The smallest absolute Gasteiger partial charge is 0.251 e. The molecule has 1 aliphatic rings. The molecule has 1 aromatic carbocycles. The first-order valence-corrected chi connectivity index (χ1v) is 4.63. The summed E-state index contributed by atoms with van der Waals surface area (Å²) in [7, 11) is 0. The molecule has 0 bridgehead atoms. The molecule has 1 aromatic heterocycles. The van der Waals surface area contributed by atoms with Crippen molar-refractivity contribution in [2.24, 2.45) is 0 Å². The predicted octanol–water partition coefficient (Wildman–Crippen LogP) is 1.72. The second-order valence-corrected chi connectivity index (χ2v) is 3.47. The number of nitrogens with one attached hydrogen (secondary N) is 1. The van der Waals surface area contributed by atoms with Crippen LogP contribution in [0.25, 0.3) is 11.0 Å². The van der Waals surface area contributed by atoms with Crippen LogP contribution in [0.2, 0.25) is 0 Å². The molecule has 2 heterocycles. The number of furan rings is 1. The third kappa shape index (κ3) is 0.954. The van der Waals surface area contributed by atoms with Crippen molar-refractivity contribution in [3.05, 3.63) is 35.6 Å². The lowest BCUT2D eigenvalue weighted by atomic mass is 9.99. The van der Waals surface area contributed by atoms with Crippen LogP contribution in [-0.4, -0.2) is 12.5 Å². The molecule has 1 aliphatic heterocycles. The number of benzene rings is 1. The van der Waals surface area contributed by atoms with E-state index in [1.807, 2.05) is 18.2 Å². The first kappa shape index (κ1) is 7.62. The van der Waals surface area contributed by atoms with Crippen molar-refractivity contribution in [2.45, 2.75) is 6.42 Å². The standard InChI is InChI=1S/C11H9NO2/c13-11-9-6-10-8(2-4-14-10)5-7(9)1-3-12-11/h2,4-6H,1,3H2,(H,12,13). The number of carbonyl (C=O) groups excluding carboxylic acids is 1. The van der Waals surface area contributed by atoms with Crippen molar-refractivity contribution in [3.63, 3.8) is 0 Å². The summed E-state index contributed by atoms with van der Waals surface area (Å²) in [4.78, 5) is 11.5. The topological polar surface area (TPSA) is 42.2 Å². The third-order valence-corrected chi connectivity index (χ3v) is 2.60. The summed E-state index contributed by atoms with van der Waals surface area (Å²) in [6.07, 6.45) is 2.55. The highest BCUT2D eigenvalue weighted by molar-refractivity contribution is 6.00. The number of hydrogen-bond donors (Lipinski definition) is 1. The zero-order valence-electron chi connectivity index (χ0n) is 7.54. The van der Waals surface area contributed by atoms with Crippen LogP contribution < -0.4 is 5.32 Å². The second kappa shape index (κ2) is 2.61. The maximum atomic E-state index is 11.5. The molecule has 3 rings (SSSR count). The normalized spacial score (nSPS) is 15.3. The fraction of sp³-hybridized carbons (Fsp3) is 0.182. The molecule has 3 nitrogen and oxygen atoms in total. The quantitative estimate of drug-likeness (QED) is 0.682. The van der Waals surface area contributed by atoms with Crippen LogP contribution in [0, 0.1) is 0 Å². The summed E-state index contributed by atoms with van der Waals surface area (Å²) in [5.74, 6) is 0.00421. The van der Waals surface area contributed by atoms with E-state index in [-0.39, 0.29) is 5.91 Å². The van der Waals surface area contributed by atoms with Crippen molar-refractivity contribution in [2.75, 3.05) is 6.54 Å². The summed E-state index contributed by atoms with van der Waals surface area (Å²) >= 11 is 0. The maximum Gasteiger partial charge on any atom is 0.251 e. The summed E-state index contributed by atoms with van der Waals surface area (Å²) in [5, 5.41) is 3.88. The third-order valence-electron chi connectivity index (χ3n) is 2.60. The monoisotopic (exact) mass is 187 g/mol. The van der Waals surface area contributed by atoms with Gasteiger partial charge in [-0.2, -0.15) is 0 Å². The van der Waals surface area contributed by atoms with Crippen molar-refractivity contribution >= 4 is 16.9 Å². The summed E-state index contributed by atoms with van der Waals surface area (Å²) < 4.78 is 5.25. The lowest BCUT2D eigenvalue weighted by Crippen LogP contribution is -2.31. The Kier molecular flexibility index (Phi) is 1.42. The van der Waals surface area contributed by atoms with Gasteiger partial charge in [0, 0.05) is 17.5 Å². The molecule has 0 fully saturated rings. The van der Waals surface area contributed by atoms with E-state index in [0.29, 0.717) is 0 Å². The molecular weight excluding hydrogens is 178 g/mol. The Morgan fingerprint density at radius 2 is 2.29 bits per heavy atom. The summed E-state index contributed by atoms with van der Waals surface area (Å²) in [6.45, 7) is 0.731. The van der Waals surface area contributed by atoms with Crippen molar-refractivity contribution < 1.29 is 9.21 Å². The molecular formula is C11H9NO2. The first-order chi connectivity index (χ1) is 6.84. The molecule has 1 amide bonds. The number of fused-ring (bicyclic) bond motifs is 2. The molecule has 2 aromatic rings. The van der Waals surface area contributed by atoms with Crippen LogP contribution in [0.4, 0.5) is 0 Å². The van der Waals surface area contributed by atoms with E-state index in [1.54, 1.807) is 6.26 Å². The lowest BCUT2D eigenvalue weighted by molar-refractivity contribution is 0.0946. The van der Waals surface area contributed by atoms with E-state index in [0.717, 1.165) is 35.1 Å². The molecule has 0 radical (unpaired) electrons. The molecule has 3 heteroatoms. The minimum absolute atomic E-state index is 0.00421. The van der Waals surface area contributed by atoms with Crippen molar-refractivity contribution in [1.82, 2.24) is 5.32 Å². The van der Waals surface area contributed by atoms with Gasteiger partial charge in [0.1, 0.15) is 5.58 Å². The van der Waals surface area contributed by atoms with Gasteiger partial charge in [0.25, 0.3) is 5.91 Å². The van der Waals surface area contributed by atoms with Crippen LogP contribution in [-0.2, 0) is 6.42 Å². The van der Waals surface area contributed by atoms with Crippen LogP contribution in [0.1, 0.15) is 15.9 Å². The Bertz CT molecular complexity index is 513. The zero-order chi connectivity index (χ0) is 9.54. The second-order valence-electron chi connectivity index (χ2n) is 3.47. The Morgan fingerprint density at radius 3 is 3.21 bits per heavy atom. The van der Waals surface area contributed by atoms with Gasteiger partial charge in [-0.05, 0) is 30.2 Å². The van der Waals surface area contributed by atoms with Gasteiger partial charge in [0.05, 0.1) is 6.26 Å². The van der Waals surface area contributed by atoms with Gasteiger partial charge in [-0.3, -0.25) is 4.79 Å². The highest BCUT2D eigenvalue weighted by atomic mass is 16.3. The van der Waals surface area contributed by atoms with Gasteiger partial charge in [0.2, 0.25) is 0 Å². The van der Waals surface area contributed by atoms with E-state index >= 15 is 0 Å². The minimum Gasteiger partial charge on any atom is -0.464 e. The van der Waals surface area contributed by atoms with Crippen molar-refractivity contribution in [1.29, 1.82) is 0 Å². The molecule has 14 heavy (non-hydrogen) atoms. The van der Waals surface area contributed by atoms with Crippen LogP contribution in [0.5, 0.6) is 0 Å². The van der Waals surface area contributed by atoms with Gasteiger partial charge in [-0.25, -0.2) is 0 Å². The van der Waals surface area contributed by atoms with E-state index in [2.05, 4.69) is 5.32 Å². The van der Waals surface area contributed by atoms with Gasteiger partial charge in [-0.1, -0.05) is 0 Å². The number of carbonyl (C=O) groups is 1. The fourth-order valence-electron chi connectivity index (χ4n) is 1.88. The summed E-state index contributed by atoms with van der Waals surface area (Å²) in [6, 6.07) is 5.77. The predicted molar refractivity (Wildman–Crippen MR) is 52.3 cm³/mol. The molecule has 0 saturated heterocycles. The Labute approximate surface area is 80.7 Å². The van der Waals surface area contributed by atoms with Crippen LogP contribution in [0.15, 0.2) is 28.9 Å². The molecule has 70 valence electrons. The fourth-order valence-corrected chi connectivity index (χ4v) is 1.88. The molecule has 1 N–H and O–H groups in total.